The normalized spacial score (nSPS) is 49.7. The maximum atomic E-state index is 12.4. The number of carboxylic acids is 2. The molecule has 11 rings (SSSR count). The molecule has 7 unspecified atom stereocenters. The Balaban J connectivity index is 1.00. The van der Waals surface area contributed by atoms with Gasteiger partial charge in [0.1, 0.15) is 9.65 Å². The molecule has 8 nitrogen and oxygen atoms in total. The van der Waals surface area contributed by atoms with Gasteiger partial charge in [-0.2, -0.15) is 0 Å². The van der Waals surface area contributed by atoms with Crippen molar-refractivity contribution in [1.82, 2.24) is 19.6 Å². The number of hydrogen-bond donors (Lipinski definition) is 2. The first-order valence-electron chi connectivity index (χ1n) is 24.6. The molecule has 4 bridgehead atoms. The van der Waals surface area contributed by atoms with E-state index in [2.05, 4.69) is 93.0 Å². The molecule has 6 aliphatic heterocycles. The van der Waals surface area contributed by atoms with Gasteiger partial charge >= 0.3 is 11.9 Å². The molecular formula is C50H80Br2N4O4. The summed E-state index contributed by atoms with van der Waals surface area (Å²) in [5.41, 5.74) is 2.59. The lowest BCUT2D eigenvalue weighted by Gasteiger charge is -2.73. The number of hydrogen-bond acceptors (Lipinski definition) is 6. The van der Waals surface area contributed by atoms with Crippen LogP contribution in [0, 0.1) is 74.4 Å². The van der Waals surface area contributed by atoms with Crippen LogP contribution in [-0.4, -0.2) is 129 Å². The van der Waals surface area contributed by atoms with E-state index in [0.29, 0.717) is 59.4 Å². The van der Waals surface area contributed by atoms with Gasteiger partial charge in [-0.3, -0.25) is 29.2 Å². The molecule has 16 atom stereocenters. The second-order valence-electron chi connectivity index (χ2n) is 24.0. The van der Waals surface area contributed by atoms with Gasteiger partial charge < -0.3 is 10.2 Å². The molecule has 0 radical (unpaired) electrons. The van der Waals surface area contributed by atoms with E-state index in [1.54, 1.807) is 0 Å². The molecule has 0 aromatic heterocycles. The summed E-state index contributed by atoms with van der Waals surface area (Å²) in [6.45, 7) is 31.9. The van der Waals surface area contributed by atoms with E-state index < -0.39 is 21.6 Å². The Morgan fingerprint density at radius 2 is 1.28 bits per heavy atom. The van der Waals surface area contributed by atoms with Crippen molar-refractivity contribution < 1.29 is 19.8 Å². The fraction of sp³-hybridized carbons (Fsp3) is 0.920. The molecule has 11 aliphatic rings. The van der Waals surface area contributed by atoms with Crippen molar-refractivity contribution in [3.05, 3.63) is 12.2 Å². The van der Waals surface area contributed by atoms with Crippen LogP contribution in [0.25, 0.3) is 0 Å². The van der Waals surface area contributed by atoms with Crippen LogP contribution in [-0.2, 0) is 9.59 Å². The van der Waals surface area contributed by atoms with Crippen LogP contribution < -0.4 is 0 Å². The fourth-order valence-corrected chi connectivity index (χ4v) is 19.7. The van der Waals surface area contributed by atoms with Crippen molar-refractivity contribution in [2.45, 2.75) is 147 Å². The first kappa shape index (κ1) is 44.7. The Hall–Kier alpha value is -0.520. The Morgan fingerprint density at radius 1 is 0.683 bits per heavy atom. The van der Waals surface area contributed by atoms with E-state index in [1.165, 1.54) is 76.2 Å². The van der Waals surface area contributed by atoms with Crippen LogP contribution in [0.3, 0.4) is 0 Å². The molecule has 6 saturated heterocycles. The maximum Gasteiger partial charge on any atom is 0.317 e. The van der Waals surface area contributed by atoms with E-state index >= 15 is 0 Å². The number of rotatable bonds is 12. The number of alkyl halides is 2. The van der Waals surface area contributed by atoms with Crippen LogP contribution in [0.15, 0.2) is 12.2 Å². The molecule has 60 heavy (non-hydrogen) atoms. The van der Waals surface area contributed by atoms with Crippen molar-refractivity contribution in [2.24, 2.45) is 74.4 Å². The number of aliphatic carboxylic acids is 2. The third-order valence-corrected chi connectivity index (χ3v) is 23.3. The number of carboxylic acid groups (broad SMARTS) is 2. The van der Waals surface area contributed by atoms with Gasteiger partial charge in [-0.25, -0.2) is 0 Å². The molecular weight excluding hydrogens is 880 g/mol. The van der Waals surface area contributed by atoms with Crippen molar-refractivity contribution in [3.63, 3.8) is 0 Å². The monoisotopic (exact) mass is 958 g/mol. The van der Waals surface area contributed by atoms with E-state index in [9.17, 15) is 19.8 Å². The third-order valence-electron chi connectivity index (χ3n) is 21.7. The van der Waals surface area contributed by atoms with Crippen molar-refractivity contribution in [3.8, 4) is 0 Å². The number of halogens is 2. The predicted molar refractivity (Wildman–Crippen MR) is 248 cm³/mol. The predicted octanol–water partition coefficient (Wildman–Crippen LogP) is 9.36. The summed E-state index contributed by atoms with van der Waals surface area (Å²) in [6, 6.07) is 0.902. The third kappa shape index (κ3) is 7.03. The van der Waals surface area contributed by atoms with Crippen LogP contribution in [0.5, 0.6) is 0 Å². The minimum atomic E-state index is -0.708. The quantitative estimate of drug-likeness (QED) is 0.148. The molecule has 0 aromatic carbocycles. The van der Waals surface area contributed by atoms with E-state index in [1.807, 2.05) is 0 Å². The molecule has 5 saturated carbocycles. The Morgan fingerprint density at radius 3 is 1.85 bits per heavy atom. The number of allylic oxidation sites excluding steroid dienone is 1. The van der Waals surface area contributed by atoms with Crippen LogP contribution in [0.4, 0.5) is 0 Å². The summed E-state index contributed by atoms with van der Waals surface area (Å²) in [5, 5.41) is 20.4. The van der Waals surface area contributed by atoms with E-state index in [4.69, 9.17) is 6.58 Å². The highest BCUT2D eigenvalue weighted by molar-refractivity contribution is 9.10. The Kier molecular flexibility index (Phi) is 12.0. The molecule has 338 valence electrons. The Bertz CT molecular complexity index is 1660. The first-order chi connectivity index (χ1) is 28.3. The zero-order chi connectivity index (χ0) is 42.7. The van der Waals surface area contributed by atoms with Crippen molar-refractivity contribution in [1.29, 1.82) is 0 Å². The minimum absolute atomic E-state index is 0.136. The molecule has 6 heterocycles. The topological polar surface area (TPSA) is 87.6 Å². The number of carbonyl (C=O) groups is 2. The van der Waals surface area contributed by atoms with Gasteiger partial charge in [0.15, 0.2) is 0 Å². The number of nitrogens with zero attached hydrogens (tertiary/aromatic N) is 4. The lowest BCUT2D eigenvalue weighted by atomic mass is 9.31. The lowest BCUT2D eigenvalue weighted by molar-refractivity contribution is -0.248. The van der Waals surface area contributed by atoms with Gasteiger partial charge in [0.05, 0.1) is 0 Å². The van der Waals surface area contributed by atoms with Crippen LogP contribution in [0.1, 0.15) is 125 Å². The average Bonchev–Trinajstić information content (AvgIpc) is 3.60. The minimum Gasteiger partial charge on any atom is -0.480 e. The van der Waals surface area contributed by atoms with Gasteiger partial charge in [-0.15, -0.1) is 0 Å². The van der Waals surface area contributed by atoms with Crippen molar-refractivity contribution >= 4 is 43.8 Å². The molecule has 10 heteroatoms. The number of piperazine rings is 6. The first-order valence-corrected chi connectivity index (χ1v) is 26.5. The van der Waals surface area contributed by atoms with Gasteiger partial charge in [-0.1, -0.05) is 78.6 Å². The van der Waals surface area contributed by atoms with Gasteiger partial charge in [0.25, 0.3) is 0 Å². The van der Waals surface area contributed by atoms with Gasteiger partial charge in [-0.05, 0) is 165 Å². The van der Waals surface area contributed by atoms with Crippen LogP contribution in [0.2, 0.25) is 0 Å². The summed E-state index contributed by atoms with van der Waals surface area (Å²) >= 11 is 7.33. The molecule has 0 amide bonds. The second-order valence-corrected chi connectivity index (χ2v) is 26.2. The van der Waals surface area contributed by atoms with Gasteiger partial charge in [0.2, 0.25) is 0 Å². The smallest absolute Gasteiger partial charge is 0.317 e. The number of fused-ring (bicyclic) bond motifs is 13. The Labute approximate surface area is 380 Å². The average molecular weight is 961 g/mol. The standard InChI is InChI=1S/C50H80Br2N4O4/c1-31(2)33-10-15-50(28-32(26-37(51)44(57)58)39-29-53-18-22-55(39)23-19-53)17-16-48(6)36(43(33)50)8-9-42-47(5)13-11-35(46(3,4)41(47)12-14-49(42,48)7)34(27-38(52)45(59)60)40-30-54-20-24-56(40)25-21-54/h32-43H,1,8-30H2,2-7H3,(H,57,58)(H,59,60)/t32?,33-,34?,35?,36+,37?,38?,39?,40?,41-,42+,43+,47-,48+,49+,50+/m0/s1. The summed E-state index contributed by atoms with van der Waals surface area (Å²) in [4.78, 5) is 34.6. The molecule has 0 aromatic rings. The van der Waals surface area contributed by atoms with E-state index in [-0.39, 0.29) is 27.1 Å². The SMILES string of the molecule is C=C(C)[C@@H]1CC[C@]2(CC(CC(Br)C(=O)O)C3CN4CCN3CC4)CC[C@]3(C)[C@H](CC[C@@H]4[C@@]5(C)CCC(C(CC(Br)C(=O)O)C6CN7CCN6CC7)C(C)(C)[C@@H]5CC[C@]43C)[C@@H]12. The maximum absolute atomic E-state index is 12.4. The second kappa shape index (κ2) is 16.1. The summed E-state index contributed by atoms with van der Waals surface area (Å²) in [5.74, 6) is 3.05. The molecule has 5 aliphatic carbocycles. The summed E-state index contributed by atoms with van der Waals surface area (Å²) in [7, 11) is 0. The van der Waals surface area contributed by atoms with Crippen LogP contribution >= 0.6 is 31.9 Å². The molecule has 0 spiro atoms. The molecule has 2 N–H and O–H groups in total. The lowest BCUT2D eigenvalue weighted by Crippen LogP contribution is -2.68. The molecule has 11 fully saturated rings. The highest BCUT2D eigenvalue weighted by Gasteiger charge is 2.71. The zero-order valence-electron chi connectivity index (χ0n) is 38.2. The van der Waals surface area contributed by atoms with Crippen molar-refractivity contribution in [2.75, 3.05) is 65.4 Å². The van der Waals surface area contributed by atoms with Gasteiger partial charge in [0, 0.05) is 77.5 Å². The zero-order valence-corrected chi connectivity index (χ0v) is 41.3. The highest BCUT2D eigenvalue weighted by atomic mass is 79.9. The largest absolute Gasteiger partial charge is 0.480 e. The summed E-state index contributed by atoms with van der Waals surface area (Å²) in [6.07, 6.45) is 15.5. The highest BCUT2D eigenvalue weighted by Crippen LogP contribution is 2.79. The van der Waals surface area contributed by atoms with E-state index in [0.717, 1.165) is 78.3 Å². The fourth-order valence-electron chi connectivity index (χ4n) is 18.8. The summed E-state index contributed by atoms with van der Waals surface area (Å²) < 4.78 is 0.